The first-order chi connectivity index (χ1) is 10.1. The Morgan fingerprint density at radius 3 is 2.18 bits per heavy atom. The zero-order valence-electron chi connectivity index (χ0n) is 14.4. The summed E-state index contributed by atoms with van der Waals surface area (Å²) in [5.74, 6) is 0.689. The maximum atomic E-state index is 12.6. The summed E-state index contributed by atoms with van der Waals surface area (Å²) in [6.07, 6.45) is 4.07. The lowest BCUT2D eigenvalue weighted by Crippen LogP contribution is -2.39. The number of hydrogen-bond donors (Lipinski definition) is 1. The zero-order chi connectivity index (χ0) is 16.5. The predicted molar refractivity (Wildman–Crippen MR) is 91.4 cm³/mol. The Labute approximate surface area is 135 Å². The number of sulfonamides is 1. The van der Waals surface area contributed by atoms with Crippen LogP contribution < -0.4 is 4.72 Å². The van der Waals surface area contributed by atoms with Gasteiger partial charge in [-0.05, 0) is 68.1 Å². The molecular weight excluding hydrogens is 294 g/mol. The first kappa shape index (κ1) is 17.5. The first-order valence-electron chi connectivity index (χ1n) is 8.19. The standard InChI is InChI=1S/C18H29NO2S/c1-13-6-7-14(2)17(12-13)22(20,21)19-16-10-8-15(9-11-16)18(3,4)5/h6-7,12,15-16,19H,8-11H2,1-5H3. The summed E-state index contributed by atoms with van der Waals surface area (Å²) in [7, 11) is -3.42. The van der Waals surface area contributed by atoms with Crippen LogP contribution in [0.25, 0.3) is 0 Å². The normalized spacial score (nSPS) is 23.5. The van der Waals surface area contributed by atoms with Gasteiger partial charge in [0, 0.05) is 6.04 Å². The molecular formula is C18H29NO2S. The lowest BCUT2D eigenvalue weighted by molar-refractivity contribution is 0.166. The molecule has 1 aromatic carbocycles. The monoisotopic (exact) mass is 323 g/mol. The van der Waals surface area contributed by atoms with Crippen molar-refractivity contribution < 1.29 is 8.42 Å². The number of rotatable bonds is 3. The van der Waals surface area contributed by atoms with Crippen molar-refractivity contribution in [2.45, 2.75) is 71.2 Å². The van der Waals surface area contributed by atoms with E-state index in [-0.39, 0.29) is 6.04 Å². The van der Waals surface area contributed by atoms with Crippen LogP contribution >= 0.6 is 0 Å². The summed E-state index contributed by atoms with van der Waals surface area (Å²) in [5, 5.41) is 0. The molecule has 4 heteroatoms. The van der Waals surface area contributed by atoms with Gasteiger partial charge in [0.05, 0.1) is 4.90 Å². The quantitative estimate of drug-likeness (QED) is 0.906. The van der Waals surface area contributed by atoms with Gasteiger partial charge in [0.2, 0.25) is 10.0 Å². The van der Waals surface area contributed by atoms with Crippen LogP contribution in [-0.4, -0.2) is 14.5 Å². The van der Waals surface area contributed by atoms with Crippen molar-refractivity contribution in [1.29, 1.82) is 0 Å². The van der Waals surface area contributed by atoms with Gasteiger partial charge in [-0.25, -0.2) is 13.1 Å². The van der Waals surface area contributed by atoms with Crippen LogP contribution in [0.5, 0.6) is 0 Å². The van der Waals surface area contributed by atoms with E-state index in [1.54, 1.807) is 6.07 Å². The fourth-order valence-electron chi connectivity index (χ4n) is 3.36. The van der Waals surface area contributed by atoms with Crippen LogP contribution in [0.15, 0.2) is 23.1 Å². The van der Waals surface area contributed by atoms with Gasteiger partial charge in [0.1, 0.15) is 0 Å². The Balaban J connectivity index is 2.06. The Bertz CT molecular complexity index is 621. The highest BCUT2D eigenvalue weighted by molar-refractivity contribution is 7.89. The second kappa shape index (κ2) is 6.32. The topological polar surface area (TPSA) is 46.2 Å². The molecule has 0 amide bonds. The van der Waals surface area contributed by atoms with Crippen molar-refractivity contribution in [1.82, 2.24) is 4.72 Å². The Hall–Kier alpha value is -0.870. The molecule has 0 unspecified atom stereocenters. The lowest BCUT2D eigenvalue weighted by atomic mass is 9.71. The second-order valence-electron chi connectivity index (χ2n) is 7.80. The van der Waals surface area contributed by atoms with E-state index >= 15 is 0 Å². The molecule has 1 N–H and O–H groups in total. The van der Waals surface area contributed by atoms with Gasteiger partial charge in [-0.15, -0.1) is 0 Å². The van der Waals surface area contributed by atoms with Gasteiger partial charge in [0.25, 0.3) is 0 Å². The van der Waals surface area contributed by atoms with Crippen LogP contribution in [-0.2, 0) is 10.0 Å². The average molecular weight is 324 g/mol. The molecule has 1 saturated carbocycles. The minimum absolute atomic E-state index is 0.0727. The van der Waals surface area contributed by atoms with Gasteiger partial charge >= 0.3 is 0 Å². The van der Waals surface area contributed by atoms with Gasteiger partial charge < -0.3 is 0 Å². The fraction of sp³-hybridized carbons (Fsp3) is 0.667. The molecule has 0 saturated heterocycles. The molecule has 1 aliphatic rings. The summed E-state index contributed by atoms with van der Waals surface area (Å²) < 4.78 is 28.2. The molecule has 22 heavy (non-hydrogen) atoms. The molecule has 3 nitrogen and oxygen atoms in total. The van der Waals surface area contributed by atoms with E-state index in [4.69, 9.17) is 0 Å². The first-order valence-corrected chi connectivity index (χ1v) is 9.67. The highest BCUT2D eigenvalue weighted by Gasteiger charge is 2.31. The third-order valence-electron chi connectivity index (χ3n) is 4.91. The molecule has 124 valence electrons. The fourth-order valence-corrected chi connectivity index (χ4v) is 4.99. The van der Waals surface area contributed by atoms with Crippen LogP contribution in [0.4, 0.5) is 0 Å². The van der Waals surface area contributed by atoms with Crippen molar-refractivity contribution in [3.8, 4) is 0 Å². The third kappa shape index (κ3) is 4.11. The molecule has 0 aliphatic heterocycles. The van der Waals surface area contributed by atoms with Crippen molar-refractivity contribution in [2.75, 3.05) is 0 Å². The summed E-state index contributed by atoms with van der Waals surface area (Å²) in [4.78, 5) is 0.422. The predicted octanol–water partition coefficient (Wildman–Crippen LogP) is 4.19. The number of hydrogen-bond acceptors (Lipinski definition) is 2. The van der Waals surface area contributed by atoms with E-state index < -0.39 is 10.0 Å². The largest absolute Gasteiger partial charge is 0.241 e. The minimum Gasteiger partial charge on any atom is -0.208 e. The lowest BCUT2D eigenvalue weighted by Gasteiger charge is -2.37. The molecule has 0 bridgehead atoms. The average Bonchev–Trinajstić information content (AvgIpc) is 2.40. The molecule has 2 rings (SSSR count). The molecule has 1 aromatic rings. The van der Waals surface area contributed by atoms with Crippen LogP contribution in [0, 0.1) is 25.2 Å². The second-order valence-corrected chi connectivity index (χ2v) is 9.49. The summed E-state index contributed by atoms with van der Waals surface area (Å²) in [6.45, 7) is 10.6. The van der Waals surface area contributed by atoms with Gasteiger partial charge in [-0.2, -0.15) is 0 Å². The van der Waals surface area contributed by atoms with E-state index in [2.05, 4.69) is 25.5 Å². The molecule has 0 radical (unpaired) electrons. The van der Waals surface area contributed by atoms with Crippen molar-refractivity contribution in [3.63, 3.8) is 0 Å². The third-order valence-corrected chi connectivity index (χ3v) is 6.57. The maximum Gasteiger partial charge on any atom is 0.241 e. The van der Waals surface area contributed by atoms with E-state index in [1.165, 1.54) is 0 Å². The molecule has 0 atom stereocenters. The highest BCUT2D eigenvalue weighted by Crippen LogP contribution is 2.38. The summed E-state index contributed by atoms with van der Waals surface area (Å²) >= 11 is 0. The number of nitrogens with one attached hydrogen (secondary N) is 1. The Kier molecular flexibility index (Phi) is 5.03. The van der Waals surface area contributed by atoms with Crippen LogP contribution in [0.2, 0.25) is 0 Å². The molecule has 1 fully saturated rings. The zero-order valence-corrected chi connectivity index (χ0v) is 15.3. The molecule has 0 aromatic heterocycles. The molecule has 1 aliphatic carbocycles. The van der Waals surface area contributed by atoms with Gasteiger partial charge in [-0.1, -0.05) is 32.9 Å². The number of aryl methyl sites for hydroxylation is 2. The summed E-state index contributed by atoms with van der Waals surface area (Å²) in [5.41, 5.74) is 2.10. The molecule has 0 spiro atoms. The van der Waals surface area contributed by atoms with E-state index in [1.807, 2.05) is 26.0 Å². The smallest absolute Gasteiger partial charge is 0.208 e. The van der Waals surface area contributed by atoms with E-state index in [0.717, 1.165) is 36.8 Å². The minimum atomic E-state index is -3.42. The van der Waals surface area contributed by atoms with Crippen LogP contribution in [0.1, 0.15) is 57.6 Å². The van der Waals surface area contributed by atoms with Crippen molar-refractivity contribution in [3.05, 3.63) is 29.3 Å². The Morgan fingerprint density at radius 2 is 1.64 bits per heavy atom. The van der Waals surface area contributed by atoms with Gasteiger partial charge in [0.15, 0.2) is 0 Å². The van der Waals surface area contributed by atoms with Gasteiger partial charge in [-0.3, -0.25) is 0 Å². The number of benzene rings is 1. The van der Waals surface area contributed by atoms with E-state index in [9.17, 15) is 8.42 Å². The molecule has 0 heterocycles. The maximum absolute atomic E-state index is 12.6. The SMILES string of the molecule is Cc1ccc(C)c(S(=O)(=O)NC2CCC(C(C)(C)C)CC2)c1. The van der Waals surface area contributed by atoms with Crippen LogP contribution in [0.3, 0.4) is 0 Å². The Morgan fingerprint density at radius 1 is 1.05 bits per heavy atom. The van der Waals surface area contributed by atoms with Crippen molar-refractivity contribution in [2.24, 2.45) is 11.3 Å². The van der Waals surface area contributed by atoms with Crippen molar-refractivity contribution >= 4 is 10.0 Å². The van der Waals surface area contributed by atoms with E-state index in [0.29, 0.717) is 16.2 Å². The summed E-state index contributed by atoms with van der Waals surface area (Å²) in [6, 6.07) is 5.66. The highest BCUT2D eigenvalue weighted by atomic mass is 32.2.